The highest BCUT2D eigenvalue weighted by Gasteiger charge is 2.12. The lowest BCUT2D eigenvalue weighted by atomic mass is 10.1. The molecule has 2 aromatic carbocycles. The van der Waals surface area contributed by atoms with Gasteiger partial charge >= 0.3 is 5.69 Å². The van der Waals surface area contributed by atoms with Crippen LogP contribution in [0.3, 0.4) is 0 Å². The van der Waals surface area contributed by atoms with E-state index >= 15 is 0 Å². The number of imidazole rings is 1. The van der Waals surface area contributed by atoms with Crippen molar-refractivity contribution in [2.45, 2.75) is 6.54 Å². The number of aromatic nitrogens is 2. The van der Waals surface area contributed by atoms with Gasteiger partial charge in [0.25, 0.3) is 5.91 Å². The molecule has 6 heteroatoms. The number of fused-ring (bicyclic) bond motifs is 1. The molecular weight excluding hydrogens is 273 g/mol. The number of nitrogens with one attached hydrogen (secondary N) is 3. The highest BCUT2D eigenvalue weighted by atomic mass is 19.1. The highest BCUT2D eigenvalue weighted by molar-refractivity contribution is 6.04. The zero-order chi connectivity index (χ0) is 14.8. The van der Waals surface area contributed by atoms with E-state index in [1.165, 1.54) is 6.07 Å². The predicted octanol–water partition coefficient (Wildman–Crippen LogP) is 1.93. The molecule has 0 saturated carbocycles. The van der Waals surface area contributed by atoms with Gasteiger partial charge in [0.1, 0.15) is 5.82 Å². The lowest BCUT2D eigenvalue weighted by molar-refractivity contribution is 0.0952. The van der Waals surface area contributed by atoms with Crippen molar-refractivity contribution in [3.8, 4) is 0 Å². The second kappa shape index (κ2) is 5.24. The Labute approximate surface area is 118 Å². The summed E-state index contributed by atoms with van der Waals surface area (Å²) in [7, 11) is 0. The number of amides is 1. The SMILES string of the molecule is O=C(NCc1ccccc1F)c1cccc2[nH]c(=O)[nH]c12. The number of H-pyrrole nitrogens is 2. The number of para-hydroxylation sites is 1. The van der Waals surface area contributed by atoms with Gasteiger partial charge in [0.2, 0.25) is 0 Å². The zero-order valence-electron chi connectivity index (χ0n) is 10.9. The molecule has 0 spiro atoms. The van der Waals surface area contributed by atoms with Crippen LogP contribution in [0.4, 0.5) is 4.39 Å². The Kier molecular flexibility index (Phi) is 3.27. The van der Waals surface area contributed by atoms with Crippen molar-refractivity contribution >= 4 is 16.9 Å². The molecule has 0 aliphatic carbocycles. The Morgan fingerprint density at radius 2 is 1.90 bits per heavy atom. The average molecular weight is 285 g/mol. The molecule has 1 heterocycles. The number of aromatic amines is 2. The molecule has 3 N–H and O–H groups in total. The van der Waals surface area contributed by atoms with Crippen LogP contribution in [0.2, 0.25) is 0 Å². The smallest absolute Gasteiger partial charge is 0.323 e. The Morgan fingerprint density at radius 3 is 2.71 bits per heavy atom. The van der Waals surface area contributed by atoms with E-state index in [0.29, 0.717) is 22.2 Å². The molecule has 0 aliphatic rings. The maximum atomic E-state index is 13.5. The minimum Gasteiger partial charge on any atom is -0.348 e. The van der Waals surface area contributed by atoms with Gasteiger partial charge in [-0.05, 0) is 18.2 Å². The summed E-state index contributed by atoms with van der Waals surface area (Å²) in [5, 5.41) is 2.64. The van der Waals surface area contributed by atoms with E-state index in [2.05, 4.69) is 15.3 Å². The summed E-state index contributed by atoms with van der Waals surface area (Å²) < 4.78 is 13.5. The molecule has 0 aliphatic heterocycles. The van der Waals surface area contributed by atoms with Crippen molar-refractivity contribution in [3.05, 3.63) is 69.9 Å². The Morgan fingerprint density at radius 1 is 1.10 bits per heavy atom. The Balaban J connectivity index is 1.85. The normalized spacial score (nSPS) is 10.7. The fourth-order valence-electron chi connectivity index (χ4n) is 2.16. The van der Waals surface area contributed by atoms with Gasteiger partial charge in [-0.1, -0.05) is 24.3 Å². The number of benzene rings is 2. The molecule has 5 nitrogen and oxygen atoms in total. The number of carbonyl (C=O) groups excluding carboxylic acids is 1. The molecule has 21 heavy (non-hydrogen) atoms. The molecule has 0 saturated heterocycles. The zero-order valence-corrected chi connectivity index (χ0v) is 10.9. The van der Waals surface area contributed by atoms with Crippen molar-refractivity contribution in [3.63, 3.8) is 0 Å². The summed E-state index contributed by atoms with van der Waals surface area (Å²) >= 11 is 0. The topological polar surface area (TPSA) is 77.8 Å². The Hall–Kier alpha value is -2.89. The second-order valence-corrected chi connectivity index (χ2v) is 4.58. The van der Waals surface area contributed by atoms with Crippen LogP contribution >= 0.6 is 0 Å². The quantitative estimate of drug-likeness (QED) is 0.687. The summed E-state index contributed by atoms with van der Waals surface area (Å²) in [6.45, 7) is 0.0799. The van der Waals surface area contributed by atoms with Gasteiger partial charge in [0, 0.05) is 12.1 Å². The molecule has 3 rings (SSSR count). The van der Waals surface area contributed by atoms with E-state index < -0.39 is 0 Å². The van der Waals surface area contributed by atoms with Gasteiger partial charge in [-0.25, -0.2) is 9.18 Å². The molecule has 0 bridgehead atoms. The summed E-state index contributed by atoms with van der Waals surface area (Å²) in [6, 6.07) is 11.2. The minimum absolute atomic E-state index is 0.0799. The van der Waals surface area contributed by atoms with Crippen molar-refractivity contribution < 1.29 is 9.18 Å². The maximum Gasteiger partial charge on any atom is 0.323 e. The summed E-state index contributed by atoms with van der Waals surface area (Å²) in [5.41, 5.74) is 1.36. The van der Waals surface area contributed by atoms with Crippen molar-refractivity contribution in [1.82, 2.24) is 15.3 Å². The molecule has 1 aromatic heterocycles. The fraction of sp³-hybridized carbons (Fsp3) is 0.0667. The van der Waals surface area contributed by atoms with E-state index in [-0.39, 0.29) is 24.0 Å². The third kappa shape index (κ3) is 2.55. The van der Waals surface area contributed by atoms with Gasteiger partial charge in [0.15, 0.2) is 0 Å². The number of carbonyl (C=O) groups is 1. The molecule has 106 valence electrons. The molecule has 0 atom stereocenters. The first-order valence-electron chi connectivity index (χ1n) is 6.38. The number of rotatable bonds is 3. The lowest BCUT2D eigenvalue weighted by Crippen LogP contribution is -2.23. The number of hydrogen-bond acceptors (Lipinski definition) is 2. The van der Waals surface area contributed by atoms with Gasteiger partial charge in [-0.2, -0.15) is 0 Å². The molecular formula is C15H12FN3O2. The molecule has 3 aromatic rings. The van der Waals surface area contributed by atoms with Crippen LogP contribution in [0, 0.1) is 5.82 Å². The number of halogens is 1. The van der Waals surface area contributed by atoms with E-state index in [1.54, 1.807) is 36.4 Å². The first-order valence-corrected chi connectivity index (χ1v) is 6.38. The molecule has 0 radical (unpaired) electrons. The summed E-state index contributed by atoms with van der Waals surface area (Å²) in [4.78, 5) is 28.6. The van der Waals surface area contributed by atoms with E-state index in [0.717, 1.165) is 0 Å². The van der Waals surface area contributed by atoms with Crippen LogP contribution in [-0.4, -0.2) is 15.9 Å². The van der Waals surface area contributed by atoms with E-state index in [1.807, 2.05) is 0 Å². The van der Waals surface area contributed by atoms with Crippen molar-refractivity contribution in [2.24, 2.45) is 0 Å². The highest BCUT2D eigenvalue weighted by Crippen LogP contribution is 2.13. The predicted molar refractivity (Wildman–Crippen MR) is 76.5 cm³/mol. The van der Waals surface area contributed by atoms with Gasteiger partial charge in [-0.15, -0.1) is 0 Å². The van der Waals surface area contributed by atoms with Crippen LogP contribution in [0.5, 0.6) is 0 Å². The van der Waals surface area contributed by atoms with Crippen LogP contribution in [0.1, 0.15) is 15.9 Å². The summed E-state index contributed by atoms with van der Waals surface area (Å²) in [6.07, 6.45) is 0. The van der Waals surface area contributed by atoms with Gasteiger partial charge in [-0.3, -0.25) is 4.79 Å². The third-order valence-corrected chi connectivity index (χ3v) is 3.19. The largest absolute Gasteiger partial charge is 0.348 e. The first kappa shape index (κ1) is 13.1. The van der Waals surface area contributed by atoms with Crippen LogP contribution in [-0.2, 0) is 6.54 Å². The molecule has 0 fully saturated rings. The van der Waals surface area contributed by atoms with E-state index in [4.69, 9.17) is 0 Å². The second-order valence-electron chi connectivity index (χ2n) is 4.58. The number of hydrogen-bond donors (Lipinski definition) is 3. The van der Waals surface area contributed by atoms with Crippen LogP contribution < -0.4 is 11.0 Å². The first-order chi connectivity index (χ1) is 10.1. The monoisotopic (exact) mass is 285 g/mol. The molecule has 1 amide bonds. The van der Waals surface area contributed by atoms with Gasteiger partial charge in [0.05, 0.1) is 16.6 Å². The van der Waals surface area contributed by atoms with Gasteiger partial charge < -0.3 is 15.3 Å². The van der Waals surface area contributed by atoms with Crippen LogP contribution in [0.25, 0.3) is 11.0 Å². The fourth-order valence-corrected chi connectivity index (χ4v) is 2.16. The van der Waals surface area contributed by atoms with Crippen LogP contribution in [0.15, 0.2) is 47.3 Å². The molecule has 0 unspecified atom stereocenters. The Bertz CT molecular complexity index is 866. The summed E-state index contributed by atoms with van der Waals surface area (Å²) in [5.74, 6) is -0.745. The van der Waals surface area contributed by atoms with Crippen molar-refractivity contribution in [1.29, 1.82) is 0 Å². The van der Waals surface area contributed by atoms with E-state index in [9.17, 15) is 14.0 Å². The average Bonchev–Trinajstić information content (AvgIpc) is 2.86. The standard InChI is InChI=1S/C15H12FN3O2/c16-11-6-2-1-4-9(11)8-17-14(20)10-5-3-7-12-13(10)19-15(21)18-12/h1-7H,8H2,(H,17,20)(H2,18,19,21). The maximum absolute atomic E-state index is 13.5. The minimum atomic E-state index is -0.376. The third-order valence-electron chi connectivity index (χ3n) is 3.19. The van der Waals surface area contributed by atoms with Crippen molar-refractivity contribution in [2.75, 3.05) is 0 Å². The lowest BCUT2D eigenvalue weighted by Gasteiger charge is -2.07.